The van der Waals surface area contributed by atoms with E-state index in [1.54, 1.807) is 0 Å². The van der Waals surface area contributed by atoms with Gasteiger partial charge in [0.05, 0.1) is 0 Å². The first kappa shape index (κ1) is 12.1. The van der Waals surface area contributed by atoms with Gasteiger partial charge in [-0.1, -0.05) is 49.4 Å². The van der Waals surface area contributed by atoms with E-state index < -0.39 is 0 Å². The fourth-order valence-electron chi connectivity index (χ4n) is 2.02. The fraction of sp³-hybridized carbons (Fsp3) is 0.333. The van der Waals surface area contributed by atoms with Gasteiger partial charge in [0.15, 0.2) is 0 Å². The smallest absolute Gasteiger partial charge is 0.0212 e. The molecule has 2 aromatic carbocycles. The van der Waals surface area contributed by atoms with Crippen molar-refractivity contribution in [3.8, 4) is 0 Å². The maximum absolute atomic E-state index is 3.47. The first-order valence-corrected chi connectivity index (χ1v) is 6.30. The van der Waals surface area contributed by atoms with Crippen molar-refractivity contribution < 1.29 is 0 Å². The molecule has 0 aliphatic heterocycles. The maximum atomic E-state index is 3.47. The van der Waals surface area contributed by atoms with Gasteiger partial charge in [-0.3, -0.25) is 0 Å². The number of fused-ring (bicyclic) bond motifs is 1. The molecule has 0 unspecified atom stereocenters. The summed E-state index contributed by atoms with van der Waals surface area (Å²) in [6.07, 6.45) is 0. The van der Waals surface area contributed by atoms with Crippen LogP contribution < -0.4 is 10.6 Å². The molecule has 0 spiro atoms. The van der Waals surface area contributed by atoms with Crippen LogP contribution in [-0.2, 0) is 6.54 Å². The minimum absolute atomic E-state index is 0.937. The molecule has 0 aromatic heterocycles. The maximum Gasteiger partial charge on any atom is 0.0212 e. The van der Waals surface area contributed by atoms with Crippen LogP contribution in [0.1, 0.15) is 12.5 Å². The Bertz CT molecular complexity index is 460. The van der Waals surface area contributed by atoms with E-state index in [0.717, 1.165) is 26.2 Å². The molecule has 0 aliphatic rings. The van der Waals surface area contributed by atoms with Crippen LogP contribution >= 0.6 is 0 Å². The summed E-state index contributed by atoms with van der Waals surface area (Å²) < 4.78 is 0. The lowest BCUT2D eigenvalue weighted by Crippen LogP contribution is -2.26. The fourth-order valence-corrected chi connectivity index (χ4v) is 2.02. The van der Waals surface area contributed by atoms with Crippen molar-refractivity contribution in [2.45, 2.75) is 13.5 Å². The van der Waals surface area contributed by atoms with Gasteiger partial charge in [-0.25, -0.2) is 0 Å². The van der Waals surface area contributed by atoms with Gasteiger partial charge in [-0.2, -0.15) is 0 Å². The van der Waals surface area contributed by atoms with Gasteiger partial charge in [-0.15, -0.1) is 0 Å². The van der Waals surface area contributed by atoms with Crippen LogP contribution in [0.25, 0.3) is 10.8 Å². The number of rotatable bonds is 6. The summed E-state index contributed by atoms with van der Waals surface area (Å²) in [5.41, 5.74) is 1.37. The monoisotopic (exact) mass is 228 g/mol. The van der Waals surface area contributed by atoms with E-state index in [1.165, 1.54) is 16.3 Å². The van der Waals surface area contributed by atoms with Gasteiger partial charge in [0, 0.05) is 19.6 Å². The summed E-state index contributed by atoms with van der Waals surface area (Å²) in [6.45, 7) is 6.14. The number of nitrogens with one attached hydrogen (secondary N) is 2. The Labute approximate surface area is 103 Å². The molecular formula is C15H20N2. The highest BCUT2D eigenvalue weighted by molar-refractivity contribution is 5.85. The second-order valence-corrected chi connectivity index (χ2v) is 4.17. The molecule has 0 heterocycles. The molecule has 0 atom stereocenters. The molecule has 0 saturated carbocycles. The highest BCUT2D eigenvalue weighted by Gasteiger charge is 1.98. The topological polar surface area (TPSA) is 24.1 Å². The van der Waals surface area contributed by atoms with Crippen molar-refractivity contribution >= 4 is 10.8 Å². The highest BCUT2D eigenvalue weighted by atomic mass is 14.9. The van der Waals surface area contributed by atoms with E-state index in [1.807, 2.05) is 0 Å². The van der Waals surface area contributed by atoms with Crippen molar-refractivity contribution in [1.29, 1.82) is 0 Å². The number of benzene rings is 2. The van der Waals surface area contributed by atoms with Gasteiger partial charge in [0.25, 0.3) is 0 Å². The van der Waals surface area contributed by atoms with Gasteiger partial charge >= 0.3 is 0 Å². The summed E-state index contributed by atoms with van der Waals surface area (Å²) in [4.78, 5) is 0. The summed E-state index contributed by atoms with van der Waals surface area (Å²) >= 11 is 0. The lowest BCUT2D eigenvalue weighted by atomic mass is 10.0. The van der Waals surface area contributed by atoms with E-state index in [2.05, 4.69) is 60.0 Å². The van der Waals surface area contributed by atoms with Crippen molar-refractivity contribution in [3.05, 3.63) is 48.0 Å². The highest BCUT2D eigenvalue weighted by Crippen LogP contribution is 2.17. The first-order chi connectivity index (χ1) is 8.42. The van der Waals surface area contributed by atoms with E-state index in [4.69, 9.17) is 0 Å². The Morgan fingerprint density at radius 3 is 2.53 bits per heavy atom. The van der Waals surface area contributed by atoms with Crippen LogP contribution in [0.15, 0.2) is 42.5 Å². The Morgan fingerprint density at radius 1 is 0.882 bits per heavy atom. The third-order valence-electron chi connectivity index (χ3n) is 2.92. The molecule has 2 aromatic rings. The second-order valence-electron chi connectivity index (χ2n) is 4.17. The predicted molar refractivity (Wildman–Crippen MR) is 74.2 cm³/mol. The Balaban J connectivity index is 1.98. The molecule has 2 nitrogen and oxygen atoms in total. The third-order valence-corrected chi connectivity index (χ3v) is 2.92. The largest absolute Gasteiger partial charge is 0.316 e. The third kappa shape index (κ3) is 3.29. The lowest BCUT2D eigenvalue weighted by Gasteiger charge is -2.08. The molecule has 0 saturated heterocycles. The van der Waals surface area contributed by atoms with Gasteiger partial charge in [0.2, 0.25) is 0 Å². The van der Waals surface area contributed by atoms with Crippen LogP contribution in [-0.4, -0.2) is 19.6 Å². The van der Waals surface area contributed by atoms with E-state index >= 15 is 0 Å². The van der Waals surface area contributed by atoms with Crippen molar-refractivity contribution in [2.75, 3.05) is 19.6 Å². The number of hydrogen-bond donors (Lipinski definition) is 2. The Hall–Kier alpha value is -1.38. The van der Waals surface area contributed by atoms with Gasteiger partial charge in [0.1, 0.15) is 0 Å². The zero-order valence-electron chi connectivity index (χ0n) is 10.4. The molecule has 2 heteroatoms. The van der Waals surface area contributed by atoms with Crippen molar-refractivity contribution in [2.24, 2.45) is 0 Å². The molecule has 17 heavy (non-hydrogen) atoms. The number of hydrogen-bond acceptors (Lipinski definition) is 2. The molecule has 2 N–H and O–H groups in total. The predicted octanol–water partition coefficient (Wildman–Crippen LogP) is 2.54. The first-order valence-electron chi connectivity index (χ1n) is 6.30. The zero-order chi connectivity index (χ0) is 11.9. The summed E-state index contributed by atoms with van der Waals surface area (Å²) in [5, 5.41) is 9.45. The minimum Gasteiger partial charge on any atom is -0.316 e. The van der Waals surface area contributed by atoms with Crippen molar-refractivity contribution in [1.82, 2.24) is 10.6 Å². The normalized spacial score (nSPS) is 10.9. The molecule has 0 aliphatic carbocycles. The molecule has 0 amide bonds. The summed E-state index contributed by atoms with van der Waals surface area (Å²) in [5.74, 6) is 0. The van der Waals surface area contributed by atoms with Crippen LogP contribution in [0.4, 0.5) is 0 Å². The molecule has 0 radical (unpaired) electrons. The van der Waals surface area contributed by atoms with Crippen LogP contribution in [0.3, 0.4) is 0 Å². The average Bonchev–Trinajstić information content (AvgIpc) is 2.39. The summed E-state index contributed by atoms with van der Waals surface area (Å²) in [7, 11) is 0. The van der Waals surface area contributed by atoms with Gasteiger partial charge in [-0.05, 0) is 22.9 Å². The standard InChI is InChI=1S/C15H20N2/c1-2-16-10-11-17-12-14-8-5-7-13-6-3-4-9-15(13)14/h3-9,16-17H,2,10-12H2,1H3. The SMILES string of the molecule is CCNCCNCc1cccc2ccccc12. The minimum atomic E-state index is 0.937. The van der Waals surface area contributed by atoms with E-state index in [0.29, 0.717) is 0 Å². The number of likely N-dealkylation sites (N-methyl/N-ethyl adjacent to an activating group) is 1. The van der Waals surface area contributed by atoms with E-state index in [9.17, 15) is 0 Å². The van der Waals surface area contributed by atoms with Crippen LogP contribution in [0.5, 0.6) is 0 Å². The van der Waals surface area contributed by atoms with Crippen molar-refractivity contribution in [3.63, 3.8) is 0 Å². The van der Waals surface area contributed by atoms with E-state index in [-0.39, 0.29) is 0 Å². The average molecular weight is 228 g/mol. The lowest BCUT2D eigenvalue weighted by molar-refractivity contribution is 0.626. The Morgan fingerprint density at radius 2 is 1.65 bits per heavy atom. The summed E-state index contributed by atoms with van der Waals surface area (Å²) in [6, 6.07) is 15.0. The van der Waals surface area contributed by atoms with Crippen LogP contribution in [0, 0.1) is 0 Å². The zero-order valence-corrected chi connectivity index (χ0v) is 10.4. The Kier molecular flexibility index (Phi) is 4.54. The molecule has 90 valence electrons. The molecule has 2 rings (SSSR count). The molecule has 0 fully saturated rings. The second kappa shape index (κ2) is 6.38. The molecule has 0 bridgehead atoms. The quantitative estimate of drug-likeness (QED) is 0.742. The molecular weight excluding hydrogens is 208 g/mol. The van der Waals surface area contributed by atoms with Gasteiger partial charge < -0.3 is 10.6 Å². The van der Waals surface area contributed by atoms with Crippen LogP contribution in [0.2, 0.25) is 0 Å².